The average molecular weight is 445 g/mol. The summed E-state index contributed by atoms with van der Waals surface area (Å²) < 4.78 is 1.13. The van der Waals surface area contributed by atoms with E-state index < -0.39 is 0 Å². The Balaban J connectivity index is 1.62. The summed E-state index contributed by atoms with van der Waals surface area (Å²) in [6, 6.07) is 18.9. The second kappa shape index (κ2) is 7.98. The van der Waals surface area contributed by atoms with Crippen LogP contribution in [0, 0.1) is 3.57 Å². The molecule has 0 bridgehead atoms. The Morgan fingerprint density at radius 3 is 2.64 bits per heavy atom. The molecule has 5 nitrogen and oxygen atoms in total. The number of hydrazone groups is 1. The standard InChI is InChI=1S/C19H16IN3O2/c20-14-6-8-15(9-7-14)21-12-19(25)23-22-11-17-16-4-2-1-3-13(16)5-10-18(17)24/h1-11,21,24H,12H2,(H,23,25). The molecular weight excluding hydrogens is 429 g/mol. The van der Waals surface area contributed by atoms with Gasteiger partial charge < -0.3 is 10.4 Å². The topological polar surface area (TPSA) is 73.7 Å². The molecule has 126 valence electrons. The van der Waals surface area contributed by atoms with Crippen molar-refractivity contribution in [2.75, 3.05) is 11.9 Å². The molecule has 0 unspecified atom stereocenters. The number of aromatic hydroxyl groups is 1. The Labute approximate surface area is 158 Å². The molecule has 3 aromatic carbocycles. The number of anilines is 1. The first-order valence-corrected chi connectivity index (χ1v) is 8.73. The van der Waals surface area contributed by atoms with E-state index in [4.69, 9.17) is 0 Å². The first-order valence-electron chi connectivity index (χ1n) is 7.65. The number of hydrogen-bond donors (Lipinski definition) is 3. The maximum Gasteiger partial charge on any atom is 0.259 e. The van der Waals surface area contributed by atoms with Crippen molar-refractivity contribution in [3.63, 3.8) is 0 Å². The van der Waals surface area contributed by atoms with Crippen LogP contribution in [0.4, 0.5) is 5.69 Å². The molecule has 6 heteroatoms. The summed E-state index contributed by atoms with van der Waals surface area (Å²) in [4.78, 5) is 11.9. The Kier molecular flexibility index (Phi) is 5.49. The Bertz CT molecular complexity index is 924. The molecule has 0 spiro atoms. The number of halogens is 1. The van der Waals surface area contributed by atoms with E-state index in [1.54, 1.807) is 6.07 Å². The van der Waals surface area contributed by atoms with Crippen LogP contribution < -0.4 is 10.7 Å². The van der Waals surface area contributed by atoms with Crippen molar-refractivity contribution in [2.45, 2.75) is 0 Å². The fourth-order valence-electron chi connectivity index (χ4n) is 2.38. The number of carbonyl (C=O) groups is 1. The van der Waals surface area contributed by atoms with Gasteiger partial charge in [0.05, 0.1) is 12.8 Å². The number of nitrogens with one attached hydrogen (secondary N) is 2. The van der Waals surface area contributed by atoms with E-state index in [9.17, 15) is 9.90 Å². The SMILES string of the molecule is O=C(CNc1ccc(I)cc1)NN=Cc1c(O)ccc2ccccc12. The van der Waals surface area contributed by atoms with Crippen LogP contribution in [0.5, 0.6) is 5.75 Å². The van der Waals surface area contributed by atoms with Crippen LogP contribution >= 0.6 is 22.6 Å². The van der Waals surface area contributed by atoms with Crippen LogP contribution in [0.1, 0.15) is 5.56 Å². The van der Waals surface area contributed by atoms with E-state index in [2.05, 4.69) is 38.4 Å². The van der Waals surface area contributed by atoms with Crippen molar-refractivity contribution in [3.8, 4) is 5.75 Å². The van der Waals surface area contributed by atoms with Crippen molar-refractivity contribution in [1.82, 2.24) is 5.43 Å². The molecule has 0 aliphatic rings. The van der Waals surface area contributed by atoms with Crippen LogP contribution in [-0.4, -0.2) is 23.8 Å². The van der Waals surface area contributed by atoms with Gasteiger partial charge in [0.2, 0.25) is 0 Å². The quantitative estimate of drug-likeness (QED) is 0.319. The van der Waals surface area contributed by atoms with Crippen LogP contribution in [-0.2, 0) is 4.79 Å². The fraction of sp³-hybridized carbons (Fsp3) is 0.0526. The van der Waals surface area contributed by atoms with E-state index in [0.717, 1.165) is 20.0 Å². The molecule has 0 atom stereocenters. The lowest BCUT2D eigenvalue weighted by Gasteiger charge is -2.06. The summed E-state index contributed by atoms with van der Waals surface area (Å²) in [5, 5.41) is 18.9. The number of benzene rings is 3. The van der Waals surface area contributed by atoms with Gasteiger partial charge in [-0.05, 0) is 63.7 Å². The summed E-state index contributed by atoms with van der Waals surface area (Å²) in [6.07, 6.45) is 1.46. The molecule has 0 aromatic heterocycles. The molecule has 0 radical (unpaired) electrons. The number of fused-ring (bicyclic) bond motifs is 1. The van der Waals surface area contributed by atoms with Gasteiger partial charge in [-0.1, -0.05) is 30.3 Å². The molecule has 3 aromatic rings. The monoisotopic (exact) mass is 445 g/mol. The maximum atomic E-state index is 11.9. The van der Waals surface area contributed by atoms with Crippen LogP contribution in [0.15, 0.2) is 65.8 Å². The Morgan fingerprint density at radius 1 is 1.08 bits per heavy atom. The number of carbonyl (C=O) groups excluding carboxylic acids is 1. The molecule has 25 heavy (non-hydrogen) atoms. The van der Waals surface area contributed by atoms with Crippen molar-refractivity contribution in [1.29, 1.82) is 0 Å². The number of phenols is 1. The number of rotatable bonds is 5. The van der Waals surface area contributed by atoms with Gasteiger partial charge in [0, 0.05) is 14.8 Å². The van der Waals surface area contributed by atoms with E-state index in [1.165, 1.54) is 6.21 Å². The zero-order chi connectivity index (χ0) is 17.6. The van der Waals surface area contributed by atoms with Gasteiger partial charge in [-0.3, -0.25) is 4.79 Å². The third-order valence-corrected chi connectivity index (χ3v) is 4.35. The largest absolute Gasteiger partial charge is 0.507 e. The molecule has 0 fully saturated rings. The zero-order valence-corrected chi connectivity index (χ0v) is 15.4. The van der Waals surface area contributed by atoms with Gasteiger partial charge in [-0.2, -0.15) is 5.10 Å². The highest BCUT2D eigenvalue weighted by molar-refractivity contribution is 14.1. The van der Waals surface area contributed by atoms with Crippen LogP contribution in [0.25, 0.3) is 10.8 Å². The molecular formula is C19H16IN3O2. The number of hydrogen-bond acceptors (Lipinski definition) is 4. The summed E-state index contributed by atoms with van der Waals surface area (Å²) >= 11 is 2.22. The normalized spacial score (nSPS) is 10.9. The summed E-state index contributed by atoms with van der Waals surface area (Å²) in [7, 11) is 0. The van der Waals surface area contributed by atoms with E-state index in [-0.39, 0.29) is 18.2 Å². The van der Waals surface area contributed by atoms with Crippen molar-refractivity contribution in [2.24, 2.45) is 5.10 Å². The van der Waals surface area contributed by atoms with E-state index in [1.807, 2.05) is 54.6 Å². The molecule has 0 heterocycles. The van der Waals surface area contributed by atoms with Gasteiger partial charge in [0.15, 0.2) is 0 Å². The van der Waals surface area contributed by atoms with Gasteiger partial charge in [-0.25, -0.2) is 5.43 Å². The zero-order valence-electron chi connectivity index (χ0n) is 13.2. The minimum absolute atomic E-state index is 0.111. The van der Waals surface area contributed by atoms with Crippen molar-refractivity contribution >= 4 is 51.2 Å². The molecule has 0 aliphatic heterocycles. The summed E-state index contributed by atoms with van der Waals surface area (Å²) in [5.41, 5.74) is 3.90. The first kappa shape index (κ1) is 17.2. The van der Waals surface area contributed by atoms with E-state index >= 15 is 0 Å². The highest BCUT2D eigenvalue weighted by atomic mass is 127. The highest BCUT2D eigenvalue weighted by Crippen LogP contribution is 2.25. The summed E-state index contributed by atoms with van der Waals surface area (Å²) in [6.45, 7) is 0.111. The summed E-state index contributed by atoms with van der Waals surface area (Å²) in [5.74, 6) is -0.150. The van der Waals surface area contributed by atoms with Crippen LogP contribution in [0.2, 0.25) is 0 Å². The molecule has 0 saturated heterocycles. The predicted molar refractivity (Wildman–Crippen MR) is 109 cm³/mol. The first-order chi connectivity index (χ1) is 12.1. The van der Waals surface area contributed by atoms with Gasteiger partial charge in [0.25, 0.3) is 5.91 Å². The van der Waals surface area contributed by atoms with E-state index in [0.29, 0.717) is 5.56 Å². The lowest BCUT2D eigenvalue weighted by atomic mass is 10.0. The van der Waals surface area contributed by atoms with Crippen molar-refractivity contribution in [3.05, 3.63) is 69.8 Å². The lowest BCUT2D eigenvalue weighted by Crippen LogP contribution is -2.25. The van der Waals surface area contributed by atoms with Gasteiger partial charge in [-0.15, -0.1) is 0 Å². The van der Waals surface area contributed by atoms with Gasteiger partial charge >= 0.3 is 0 Å². The maximum absolute atomic E-state index is 11.9. The average Bonchev–Trinajstić information content (AvgIpc) is 2.63. The minimum atomic E-state index is -0.269. The predicted octanol–water partition coefficient (Wildman–Crippen LogP) is 3.71. The van der Waals surface area contributed by atoms with Crippen LogP contribution in [0.3, 0.4) is 0 Å². The minimum Gasteiger partial charge on any atom is -0.507 e. The third-order valence-electron chi connectivity index (χ3n) is 3.63. The number of phenolic OH excluding ortho intramolecular Hbond substituents is 1. The number of nitrogens with zero attached hydrogens (tertiary/aromatic N) is 1. The molecule has 3 N–H and O–H groups in total. The fourth-order valence-corrected chi connectivity index (χ4v) is 2.74. The molecule has 0 saturated carbocycles. The Morgan fingerprint density at radius 2 is 1.84 bits per heavy atom. The second-order valence-electron chi connectivity index (χ2n) is 5.37. The highest BCUT2D eigenvalue weighted by Gasteiger charge is 2.05. The van der Waals surface area contributed by atoms with Crippen molar-refractivity contribution < 1.29 is 9.90 Å². The smallest absolute Gasteiger partial charge is 0.259 e. The third kappa shape index (κ3) is 4.48. The second-order valence-corrected chi connectivity index (χ2v) is 6.62. The Hall–Kier alpha value is -2.61. The molecule has 1 amide bonds. The lowest BCUT2D eigenvalue weighted by molar-refractivity contribution is -0.119. The number of amides is 1. The molecule has 0 aliphatic carbocycles. The molecule has 3 rings (SSSR count). The van der Waals surface area contributed by atoms with Gasteiger partial charge in [0.1, 0.15) is 5.75 Å².